The Hall–Kier alpha value is -2.60. The number of carbonyl (C=O) groups excluding carboxylic acids is 2. The monoisotopic (exact) mass is 467 g/mol. The summed E-state index contributed by atoms with van der Waals surface area (Å²) in [5.74, 6) is 0.117. The van der Waals surface area contributed by atoms with Crippen molar-refractivity contribution in [2.24, 2.45) is 11.3 Å². The molecule has 3 aromatic rings. The Morgan fingerprint density at radius 2 is 2.00 bits per heavy atom. The smallest absolute Gasteiger partial charge is 0.341 e. The van der Waals surface area contributed by atoms with Crippen molar-refractivity contribution < 1.29 is 18.7 Å². The Morgan fingerprint density at radius 3 is 2.67 bits per heavy atom. The fourth-order valence-electron chi connectivity index (χ4n) is 4.70. The highest BCUT2D eigenvalue weighted by Crippen LogP contribution is 2.44. The summed E-state index contributed by atoms with van der Waals surface area (Å²) in [5, 5.41) is 4.50. The minimum atomic E-state index is -0.367. The Labute approximate surface area is 199 Å². The van der Waals surface area contributed by atoms with E-state index in [1.807, 2.05) is 19.1 Å². The molecule has 1 unspecified atom stereocenters. The van der Waals surface area contributed by atoms with Crippen molar-refractivity contribution in [1.29, 1.82) is 0 Å². The molecule has 0 saturated heterocycles. The fraction of sp³-hybridized carbons (Fsp3) is 0.481. The highest BCUT2D eigenvalue weighted by atomic mass is 32.1. The third-order valence-electron chi connectivity index (χ3n) is 6.81. The second-order valence-electron chi connectivity index (χ2n) is 9.93. The largest absolute Gasteiger partial charge is 0.462 e. The Bertz CT molecular complexity index is 1210. The minimum Gasteiger partial charge on any atom is -0.462 e. The average molecular weight is 468 g/mol. The highest BCUT2D eigenvalue weighted by Gasteiger charge is 2.35. The molecular formula is C27H33NO4S. The van der Waals surface area contributed by atoms with Crippen LogP contribution in [0.1, 0.15) is 83.5 Å². The fourth-order valence-corrected chi connectivity index (χ4v) is 6.01. The lowest BCUT2D eigenvalue weighted by Gasteiger charge is -2.33. The summed E-state index contributed by atoms with van der Waals surface area (Å²) < 4.78 is 11.3. The van der Waals surface area contributed by atoms with Gasteiger partial charge in [0.05, 0.1) is 12.2 Å². The number of carbonyl (C=O) groups is 2. The first-order valence-electron chi connectivity index (χ1n) is 11.8. The lowest BCUT2D eigenvalue weighted by Crippen LogP contribution is -2.26. The lowest BCUT2D eigenvalue weighted by molar-refractivity contribution is 0.0526. The van der Waals surface area contributed by atoms with Crippen LogP contribution in [0.4, 0.5) is 5.00 Å². The first-order chi connectivity index (χ1) is 15.6. The van der Waals surface area contributed by atoms with E-state index in [1.165, 1.54) is 21.8 Å². The molecule has 0 saturated carbocycles. The first kappa shape index (κ1) is 23.6. The molecule has 2 heterocycles. The lowest BCUT2D eigenvalue weighted by atomic mass is 9.72. The predicted molar refractivity (Wildman–Crippen MR) is 134 cm³/mol. The van der Waals surface area contributed by atoms with Crippen LogP contribution in [0.25, 0.3) is 11.0 Å². The Kier molecular flexibility index (Phi) is 6.41. The van der Waals surface area contributed by atoms with Crippen molar-refractivity contribution in [3.63, 3.8) is 0 Å². The van der Waals surface area contributed by atoms with Gasteiger partial charge in [-0.15, -0.1) is 11.3 Å². The van der Waals surface area contributed by atoms with Crippen molar-refractivity contribution in [2.75, 3.05) is 11.9 Å². The summed E-state index contributed by atoms with van der Waals surface area (Å²) in [4.78, 5) is 27.3. The molecule has 4 rings (SSSR count). The van der Waals surface area contributed by atoms with Crippen LogP contribution in [0.2, 0.25) is 0 Å². The van der Waals surface area contributed by atoms with Crippen molar-refractivity contribution in [1.82, 2.24) is 0 Å². The number of hydrogen-bond acceptors (Lipinski definition) is 5. The van der Waals surface area contributed by atoms with E-state index < -0.39 is 0 Å². The van der Waals surface area contributed by atoms with Crippen LogP contribution in [0.3, 0.4) is 0 Å². The zero-order chi connectivity index (χ0) is 23.9. The SMILES string of the molecule is CCOC(=O)c1c(NC(=O)c2oc3ccc(CC)cc3c2C)sc2c1CCC(C(C)(C)C)C2. The molecule has 1 atom stereocenters. The van der Waals surface area contributed by atoms with Gasteiger partial charge >= 0.3 is 5.97 Å². The molecule has 0 radical (unpaired) electrons. The summed E-state index contributed by atoms with van der Waals surface area (Å²) in [7, 11) is 0. The van der Waals surface area contributed by atoms with Gasteiger partial charge in [-0.05, 0) is 74.1 Å². The molecule has 0 bridgehead atoms. The van der Waals surface area contributed by atoms with Gasteiger partial charge in [0.15, 0.2) is 5.76 Å². The Morgan fingerprint density at radius 1 is 1.24 bits per heavy atom. The number of hydrogen-bond donors (Lipinski definition) is 1. The molecule has 1 aliphatic carbocycles. The number of anilines is 1. The third kappa shape index (κ3) is 4.45. The van der Waals surface area contributed by atoms with Gasteiger partial charge in [0.2, 0.25) is 0 Å². The number of aryl methyl sites for hydroxylation is 2. The van der Waals surface area contributed by atoms with Crippen molar-refractivity contribution >= 4 is 39.2 Å². The van der Waals surface area contributed by atoms with Gasteiger partial charge in [-0.2, -0.15) is 0 Å². The normalized spacial score (nSPS) is 16.0. The maximum Gasteiger partial charge on any atom is 0.341 e. The van der Waals surface area contributed by atoms with Gasteiger partial charge in [0.25, 0.3) is 5.91 Å². The van der Waals surface area contributed by atoms with E-state index in [-0.39, 0.29) is 23.1 Å². The quantitative estimate of drug-likeness (QED) is 0.412. The van der Waals surface area contributed by atoms with E-state index in [1.54, 1.807) is 6.92 Å². The van der Waals surface area contributed by atoms with Crippen LogP contribution < -0.4 is 5.32 Å². The number of thiophene rings is 1. The van der Waals surface area contributed by atoms with E-state index >= 15 is 0 Å². The molecule has 6 heteroatoms. The minimum absolute atomic E-state index is 0.192. The molecule has 176 valence electrons. The molecule has 5 nitrogen and oxygen atoms in total. The van der Waals surface area contributed by atoms with E-state index in [0.29, 0.717) is 28.7 Å². The van der Waals surface area contributed by atoms with Gasteiger partial charge in [0, 0.05) is 15.8 Å². The summed E-state index contributed by atoms with van der Waals surface area (Å²) in [6.45, 7) is 12.9. The number of esters is 1. The van der Waals surface area contributed by atoms with Crippen LogP contribution >= 0.6 is 11.3 Å². The number of amides is 1. The van der Waals surface area contributed by atoms with Gasteiger partial charge in [-0.3, -0.25) is 4.79 Å². The van der Waals surface area contributed by atoms with Crippen LogP contribution in [-0.2, 0) is 24.0 Å². The highest BCUT2D eigenvalue weighted by molar-refractivity contribution is 7.17. The van der Waals surface area contributed by atoms with E-state index in [9.17, 15) is 9.59 Å². The van der Waals surface area contributed by atoms with Crippen molar-refractivity contribution in [2.45, 2.75) is 67.2 Å². The second kappa shape index (κ2) is 8.98. The number of benzene rings is 1. The third-order valence-corrected chi connectivity index (χ3v) is 7.98. The molecule has 0 spiro atoms. The van der Waals surface area contributed by atoms with Gasteiger partial charge in [-0.25, -0.2) is 4.79 Å². The second-order valence-corrected chi connectivity index (χ2v) is 11.0. The van der Waals surface area contributed by atoms with Crippen LogP contribution in [0.5, 0.6) is 0 Å². The van der Waals surface area contributed by atoms with Gasteiger partial charge < -0.3 is 14.5 Å². The van der Waals surface area contributed by atoms with E-state index in [4.69, 9.17) is 9.15 Å². The zero-order valence-electron chi connectivity index (χ0n) is 20.4. The van der Waals surface area contributed by atoms with E-state index in [0.717, 1.165) is 42.2 Å². The molecule has 0 fully saturated rings. The molecule has 2 aromatic heterocycles. The van der Waals surface area contributed by atoms with Crippen LogP contribution in [-0.4, -0.2) is 18.5 Å². The number of ether oxygens (including phenoxy) is 1. The number of nitrogens with one attached hydrogen (secondary N) is 1. The molecule has 1 aliphatic rings. The van der Waals surface area contributed by atoms with Crippen molar-refractivity contribution in [3.8, 4) is 0 Å². The predicted octanol–water partition coefficient (Wildman–Crippen LogP) is 6.95. The molecule has 1 amide bonds. The molecular weight excluding hydrogens is 434 g/mol. The average Bonchev–Trinajstić information content (AvgIpc) is 3.29. The van der Waals surface area contributed by atoms with Crippen molar-refractivity contribution in [3.05, 3.63) is 51.1 Å². The van der Waals surface area contributed by atoms with Crippen LogP contribution in [0.15, 0.2) is 22.6 Å². The van der Waals surface area contributed by atoms with E-state index in [2.05, 4.69) is 39.1 Å². The van der Waals surface area contributed by atoms with Gasteiger partial charge in [0.1, 0.15) is 10.6 Å². The maximum atomic E-state index is 13.3. The number of rotatable bonds is 5. The summed E-state index contributed by atoms with van der Waals surface area (Å²) >= 11 is 1.50. The topological polar surface area (TPSA) is 68.5 Å². The molecule has 33 heavy (non-hydrogen) atoms. The molecule has 1 N–H and O–H groups in total. The summed E-state index contributed by atoms with van der Waals surface area (Å²) in [6.07, 6.45) is 3.67. The summed E-state index contributed by atoms with van der Waals surface area (Å²) in [5.41, 5.74) is 4.44. The van der Waals surface area contributed by atoms with Gasteiger partial charge in [-0.1, -0.05) is 33.8 Å². The first-order valence-corrected chi connectivity index (χ1v) is 12.6. The zero-order valence-corrected chi connectivity index (χ0v) is 21.2. The standard InChI is InChI=1S/C27H33NO4S/c1-7-16-9-12-20-19(13-16)15(3)23(32-20)24(29)28-25-22(26(30)31-8-2)18-11-10-17(27(4,5)6)14-21(18)33-25/h9,12-13,17H,7-8,10-11,14H2,1-6H3,(H,28,29). The maximum absolute atomic E-state index is 13.3. The summed E-state index contributed by atoms with van der Waals surface area (Å²) in [6, 6.07) is 6.01. The Balaban J connectivity index is 1.70. The molecule has 0 aliphatic heterocycles. The molecule has 1 aromatic carbocycles. The number of furan rings is 1. The number of fused-ring (bicyclic) bond motifs is 2. The van der Waals surface area contributed by atoms with Crippen LogP contribution in [0, 0.1) is 18.3 Å².